The van der Waals surface area contributed by atoms with Crippen LogP contribution >= 0.6 is 22.9 Å². The molecule has 1 aromatic heterocycles. The van der Waals surface area contributed by atoms with Gasteiger partial charge in [-0.1, -0.05) is 44.2 Å². The van der Waals surface area contributed by atoms with Crippen LogP contribution in [0.1, 0.15) is 68.4 Å². The van der Waals surface area contributed by atoms with Crippen molar-refractivity contribution in [3.63, 3.8) is 0 Å². The molecule has 0 spiro atoms. The molecule has 0 aromatic carbocycles. The van der Waals surface area contributed by atoms with Crippen LogP contribution in [0.4, 0.5) is 0 Å². The zero-order chi connectivity index (χ0) is 13.7. The van der Waals surface area contributed by atoms with E-state index in [-0.39, 0.29) is 0 Å². The van der Waals surface area contributed by atoms with Crippen molar-refractivity contribution in [3.8, 4) is 0 Å². The third-order valence-corrected chi connectivity index (χ3v) is 5.81. The summed E-state index contributed by atoms with van der Waals surface area (Å²) < 4.78 is 0.965. The summed E-state index contributed by atoms with van der Waals surface area (Å²) in [5.74, 6) is 0.795. The van der Waals surface area contributed by atoms with Gasteiger partial charge in [0.1, 0.15) is 0 Å². The Balaban J connectivity index is 2.13. The lowest BCUT2D eigenvalue weighted by Gasteiger charge is -2.26. The summed E-state index contributed by atoms with van der Waals surface area (Å²) in [6.07, 6.45) is 9.57. The second-order valence-electron chi connectivity index (χ2n) is 5.79. The van der Waals surface area contributed by atoms with Crippen molar-refractivity contribution >= 4 is 22.9 Å². The Kier molecular flexibility index (Phi) is 6.18. The predicted octanol–water partition coefficient (Wildman–Crippen LogP) is 5.72. The van der Waals surface area contributed by atoms with Crippen LogP contribution in [0.2, 0.25) is 4.34 Å². The average molecular weight is 300 g/mol. The molecule has 1 unspecified atom stereocenters. The molecule has 1 aromatic rings. The van der Waals surface area contributed by atoms with Gasteiger partial charge in [-0.05, 0) is 50.3 Å². The predicted molar refractivity (Wildman–Crippen MR) is 86.3 cm³/mol. The standard InChI is InChI=1S/C16H26ClNS/c1-3-10-18-15(13-8-6-4-5-7-9-13)14-11-12(2)16(17)19-14/h11,13,15,18H,3-10H2,1-2H3. The Morgan fingerprint density at radius 2 is 2.00 bits per heavy atom. The topological polar surface area (TPSA) is 12.0 Å². The highest BCUT2D eigenvalue weighted by atomic mass is 35.5. The lowest BCUT2D eigenvalue weighted by atomic mass is 9.90. The first kappa shape index (κ1) is 15.3. The number of halogens is 1. The molecule has 0 saturated heterocycles. The zero-order valence-corrected chi connectivity index (χ0v) is 13.7. The summed E-state index contributed by atoms with van der Waals surface area (Å²) >= 11 is 8.05. The van der Waals surface area contributed by atoms with Crippen LogP contribution in [0.25, 0.3) is 0 Å². The summed E-state index contributed by atoms with van der Waals surface area (Å²) in [5, 5.41) is 3.78. The van der Waals surface area contributed by atoms with Gasteiger partial charge in [0.25, 0.3) is 0 Å². The molecule has 2 rings (SSSR count). The summed E-state index contributed by atoms with van der Waals surface area (Å²) in [7, 11) is 0. The molecule has 1 atom stereocenters. The van der Waals surface area contributed by atoms with Crippen LogP contribution in [0.5, 0.6) is 0 Å². The molecule has 0 amide bonds. The van der Waals surface area contributed by atoms with Crippen LogP contribution in [-0.2, 0) is 0 Å². The molecule has 1 aliphatic rings. The molecule has 3 heteroatoms. The highest BCUT2D eigenvalue weighted by molar-refractivity contribution is 7.16. The molecule has 1 fully saturated rings. The number of aryl methyl sites for hydroxylation is 1. The van der Waals surface area contributed by atoms with E-state index in [1.165, 1.54) is 55.4 Å². The lowest BCUT2D eigenvalue weighted by molar-refractivity contribution is 0.330. The lowest BCUT2D eigenvalue weighted by Crippen LogP contribution is -2.28. The Morgan fingerprint density at radius 3 is 2.53 bits per heavy atom. The third-order valence-electron chi connectivity index (χ3n) is 4.17. The molecule has 0 bridgehead atoms. The minimum Gasteiger partial charge on any atom is -0.309 e. The molecule has 108 valence electrons. The molecule has 1 nitrogen and oxygen atoms in total. The quantitative estimate of drug-likeness (QED) is 0.686. The molecular formula is C16H26ClNS. The van der Waals surface area contributed by atoms with Crippen LogP contribution < -0.4 is 5.32 Å². The summed E-state index contributed by atoms with van der Waals surface area (Å²) in [4.78, 5) is 1.45. The Hall–Kier alpha value is -0.0500. The Bertz CT molecular complexity index is 361. The smallest absolute Gasteiger partial charge is 0.0960 e. The summed E-state index contributed by atoms with van der Waals surface area (Å²) in [5.41, 5.74) is 1.23. The van der Waals surface area contributed by atoms with Gasteiger partial charge >= 0.3 is 0 Å². The third kappa shape index (κ3) is 4.21. The molecule has 0 aliphatic heterocycles. The maximum absolute atomic E-state index is 6.27. The summed E-state index contributed by atoms with van der Waals surface area (Å²) in [6.45, 7) is 5.46. The van der Waals surface area contributed by atoms with Crippen molar-refractivity contribution in [1.29, 1.82) is 0 Å². The van der Waals surface area contributed by atoms with Crippen LogP contribution in [0.15, 0.2) is 6.07 Å². The van der Waals surface area contributed by atoms with Gasteiger partial charge in [-0.15, -0.1) is 11.3 Å². The maximum Gasteiger partial charge on any atom is 0.0960 e. The van der Waals surface area contributed by atoms with E-state index < -0.39 is 0 Å². The van der Waals surface area contributed by atoms with E-state index in [0.717, 1.165) is 16.8 Å². The molecular weight excluding hydrogens is 274 g/mol. The van der Waals surface area contributed by atoms with Crippen molar-refractivity contribution in [3.05, 3.63) is 20.8 Å². The monoisotopic (exact) mass is 299 g/mol. The van der Waals surface area contributed by atoms with E-state index >= 15 is 0 Å². The van der Waals surface area contributed by atoms with Gasteiger partial charge in [0.2, 0.25) is 0 Å². The molecule has 1 heterocycles. The van der Waals surface area contributed by atoms with Crippen LogP contribution in [0.3, 0.4) is 0 Å². The fourth-order valence-corrected chi connectivity index (χ4v) is 4.47. The van der Waals surface area contributed by atoms with E-state index in [0.29, 0.717) is 6.04 Å². The van der Waals surface area contributed by atoms with Gasteiger partial charge in [-0.25, -0.2) is 0 Å². The van der Waals surface area contributed by atoms with E-state index in [1.807, 2.05) is 0 Å². The van der Waals surface area contributed by atoms with Crippen LogP contribution in [-0.4, -0.2) is 6.54 Å². The van der Waals surface area contributed by atoms with Crippen molar-refractivity contribution in [2.24, 2.45) is 5.92 Å². The average Bonchev–Trinajstić information content (AvgIpc) is 2.61. The fourth-order valence-electron chi connectivity index (χ4n) is 3.08. The van der Waals surface area contributed by atoms with Crippen molar-refractivity contribution in [2.75, 3.05) is 6.54 Å². The van der Waals surface area contributed by atoms with Gasteiger partial charge in [-0.2, -0.15) is 0 Å². The largest absolute Gasteiger partial charge is 0.309 e. The van der Waals surface area contributed by atoms with Gasteiger partial charge < -0.3 is 5.32 Å². The number of hydrogen-bond acceptors (Lipinski definition) is 2. The molecule has 1 N–H and O–H groups in total. The first-order valence-corrected chi connectivity index (χ1v) is 8.91. The Labute approximate surface area is 126 Å². The van der Waals surface area contributed by atoms with Gasteiger partial charge in [-0.3, -0.25) is 0 Å². The number of thiophene rings is 1. The van der Waals surface area contributed by atoms with E-state index in [1.54, 1.807) is 11.3 Å². The normalized spacial score (nSPS) is 19.3. The van der Waals surface area contributed by atoms with Gasteiger partial charge in [0.05, 0.1) is 4.34 Å². The van der Waals surface area contributed by atoms with E-state index in [2.05, 4.69) is 25.2 Å². The van der Waals surface area contributed by atoms with E-state index in [4.69, 9.17) is 11.6 Å². The van der Waals surface area contributed by atoms with Crippen molar-refractivity contribution in [1.82, 2.24) is 5.32 Å². The minimum atomic E-state index is 0.522. The summed E-state index contributed by atoms with van der Waals surface area (Å²) in [6, 6.07) is 2.82. The molecule has 1 aliphatic carbocycles. The molecule has 19 heavy (non-hydrogen) atoms. The first-order valence-electron chi connectivity index (χ1n) is 7.71. The number of hydrogen-bond donors (Lipinski definition) is 1. The number of rotatable bonds is 5. The van der Waals surface area contributed by atoms with E-state index in [9.17, 15) is 0 Å². The second-order valence-corrected chi connectivity index (χ2v) is 7.47. The first-order chi connectivity index (χ1) is 9.22. The second kappa shape index (κ2) is 7.66. The highest BCUT2D eigenvalue weighted by Crippen LogP contribution is 2.39. The molecule has 0 radical (unpaired) electrons. The molecule has 1 saturated carbocycles. The van der Waals surface area contributed by atoms with Gasteiger partial charge in [0, 0.05) is 10.9 Å². The minimum absolute atomic E-state index is 0.522. The van der Waals surface area contributed by atoms with Crippen molar-refractivity contribution < 1.29 is 0 Å². The highest BCUT2D eigenvalue weighted by Gasteiger charge is 2.25. The van der Waals surface area contributed by atoms with Crippen LogP contribution in [0, 0.1) is 12.8 Å². The fraction of sp³-hybridized carbons (Fsp3) is 0.750. The van der Waals surface area contributed by atoms with Gasteiger partial charge in [0.15, 0.2) is 0 Å². The number of nitrogens with one attached hydrogen (secondary N) is 1. The SMILES string of the molecule is CCCNC(c1cc(C)c(Cl)s1)C1CCCCCC1. The maximum atomic E-state index is 6.27. The van der Waals surface area contributed by atoms with Crippen molar-refractivity contribution in [2.45, 2.75) is 64.8 Å². The zero-order valence-electron chi connectivity index (χ0n) is 12.2. The Morgan fingerprint density at radius 1 is 1.32 bits per heavy atom.